The molecule has 1 aliphatic heterocycles. The molecule has 0 spiro atoms. The number of hydrogen-bond donors (Lipinski definition) is 1. The fourth-order valence-corrected chi connectivity index (χ4v) is 3.44. The minimum Gasteiger partial charge on any atom is -0.463 e. The molecule has 2 aromatic heterocycles. The van der Waals surface area contributed by atoms with Crippen molar-refractivity contribution in [1.29, 1.82) is 0 Å². The maximum absolute atomic E-state index is 13.2. The third-order valence-electron chi connectivity index (χ3n) is 5.06. The number of carbonyl (C=O) groups is 1. The van der Waals surface area contributed by atoms with Crippen molar-refractivity contribution < 1.29 is 9.21 Å². The minimum atomic E-state index is 0.00232. The van der Waals surface area contributed by atoms with Crippen LogP contribution in [0.4, 0.5) is 0 Å². The van der Waals surface area contributed by atoms with Crippen LogP contribution in [0.1, 0.15) is 23.7 Å². The zero-order valence-electron chi connectivity index (χ0n) is 14.2. The molecule has 1 aromatic carbocycles. The average Bonchev–Trinajstić information content (AvgIpc) is 3.31. The van der Waals surface area contributed by atoms with Crippen LogP contribution in [0.15, 0.2) is 53.1 Å². The van der Waals surface area contributed by atoms with Gasteiger partial charge in [0.25, 0.3) is 5.91 Å². The van der Waals surface area contributed by atoms with Gasteiger partial charge in [-0.05, 0) is 42.6 Å². The van der Waals surface area contributed by atoms with Crippen molar-refractivity contribution >= 4 is 16.8 Å². The zero-order chi connectivity index (χ0) is 17.4. The molecule has 1 atom stereocenters. The number of nitrogens with zero attached hydrogens (tertiary/aromatic N) is 2. The standard InChI is InChI=1S/C20H21N3O2/c1-20(12-21)8-9-23(13-20)19(24)15-11-17(18-7-4-10-25-18)22-16-6-3-2-5-14(15)16/h2-7,10-11H,8-9,12-13,21H2,1H3. The topological polar surface area (TPSA) is 72.4 Å². The molecule has 0 saturated carbocycles. The van der Waals surface area contributed by atoms with Gasteiger partial charge < -0.3 is 15.1 Å². The third-order valence-corrected chi connectivity index (χ3v) is 5.06. The lowest BCUT2D eigenvalue weighted by molar-refractivity contribution is 0.0779. The smallest absolute Gasteiger partial charge is 0.254 e. The number of nitrogens with two attached hydrogens (primary N) is 1. The van der Waals surface area contributed by atoms with E-state index in [2.05, 4.69) is 11.9 Å². The molecule has 3 aromatic rings. The summed E-state index contributed by atoms with van der Waals surface area (Å²) in [5, 5.41) is 0.865. The number of likely N-dealkylation sites (tertiary alicyclic amines) is 1. The Balaban J connectivity index is 1.79. The van der Waals surface area contributed by atoms with Crippen LogP contribution in [0.5, 0.6) is 0 Å². The molecular formula is C20H21N3O2. The van der Waals surface area contributed by atoms with Gasteiger partial charge in [0.15, 0.2) is 5.76 Å². The van der Waals surface area contributed by atoms with Gasteiger partial charge in [-0.1, -0.05) is 25.1 Å². The van der Waals surface area contributed by atoms with Crippen molar-refractivity contribution in [3.8, 4) is 11.5 Å². The van der Waals surface area contributed by atoms with Crippen molar-refractivity contribution in [1.82, 2.24) is 9.88 Å². The first-order valence-electron chi connectivity index (χ1n) is 8.53. The number of fused-ring (bicyclic) bond motifs is 1. The molecule has 1 fully saturated rings. The van der Waals surface area contributed by atoms with Gasteiger partial charge in [-0.2, -0.15) is 0 Å². The quantitative estimate of drug-likeness (QED) is 0.797. The molecule has 0 bridgehead atoms. The van der Waals surface area contributed by atoms with Crippen molar-refractivity contribution in [2.24, 2.45) is 11.1 Å². The molecule has 1 saturated heterocycles. The van der Waals surface area contributed by atoms with E-state index < -0.39 is 0 Å². The van der Waals surface area contributed by atoms with Crippen LogP contribution >= 0.6 is 0 Å². The van der Waals surface area contributed by atoms with E-state index in [1.54, 1.807) is 6.26 Å². The Morgan fingerprint density at radius 3 is 2.88 bits per heavy atom. The minimum absolute atomic E-state index is 0.00232. The van der Waals surface area contributed by atoms with Crippen LogP contribution in [0.3, 0.4) is 0 Å². The lowest BCUT2D eigenvalue weighted by atomic mass is 9.90. The Labute approximate surface area is 146 Å². The van der Waals surface area contributed by atoms with Gasteiger partial charge >= 0.3 is 0 Å². The Morgan fingerprint density at radius 2 is 2.16 bits per heavy atom. The van der Waals surface area contributed by atoms with E-state index in [-0.39, 0.29) is 11.3 Å². The molecular weight excluding hydrogens is 314 g/mol. The second-order valence-electron chi connectivity index (χ2n) is 7.04. The molecule has 5 nitrogen and oxygen atoms in total. The summed E-state index contributed by atoms with van der Waals surface area (Å²) >= 11 is 0. The average molecular weight is 335 g/mol. The number of hydrogen-bond acceptors (Lipinski definition) is 4. The lowest BCUT2D eigenvalue weighted by Crippen LogP contribution is -2.34. The zero-order valence-corrected chi connectivity index (χ0v) is 14.2. The summed E-state index contributed by atoms with van der Waals surface area (Å²) in [5.41, 5.74) is 8.02. The molecule has 128 valence electrons. The second-order valence-corrected chi connectivity index (χ2v) is 7.04. The van der Waals surface area contributed by atoms with Gasteiger partial charge in [-0.25, -0.2) is 4.98 Å². The second kappa shape index (κ2) is 6.01. The normalized spacial score (nSPS) is 20.3. The van der Waals surface area contributed by atoms with Crippen LogP contribution in [0.2, 0.25) is 0 Å². The van der Waals surface area contributed by atoms with Gasteiger partial charge in [0.1, 0.15) is 5.69 Å². The highest BCUT2D eigenvalue weighted by Crippen LogP contribution is 2.32. The molecule has 0 radical (unpaired) electrons. The van der Waals surface area contributed by atoms with Gasteiger partial charge in [0.2, 0.25) is 0 Å². The first-order valence-corrected chi connectivity index (χ1v) is 8.53. The van der Waals surface area contributed by atoms with Crippen LogP contribution in [-0.2, 0) is 0 Å². The van der Waals surface area contributed by atoms with Crippen molar-refractivity contribution in [2.75, 3.05) is 19.6 Å². The number of amides is 1. The fourth-order valence-electron chi connectivity index (χ4n) is 3.44. The Hall–Kier alpha value is -2.66. The molecule has 0 aliphatic carbocycles. The monoisotopic (exact) mass is 335 g/mol. The highest BCUT2D eigenvalue weighted by Gasteiger charge is 2.35. The van der Waals surface area contributed by atoms with Crippen LogP contribution in [-0.4, -0.2) is 35.4 Å². The van der Waals surface area contributed by atoms with E-state index in [0.717, 1.165) is 23.9 Å². The number of benzene rings is 1. The SMILES string of the molecule is CC1(CN)CCN(C(=O)c2cc(-c3ccco3)nc3ccccc23)C1. The van der Waals surface area contributed by atoms with E-state index in [0.29, 0.717) is 30.1 Å². The molecule has 4 rings (SSSR count). The fraction of sp³-hybridized carbons (Fsp3) is 0.300. The van der Waals surface area contributed by atoms with Gasteiger partial charge in [-0.15, -0.1) is 0 Å². The molecule has 5 heteroatoms. The van der Waals surface area contributed by atoms with Crippen molar-refractivity contribution in [3.05, 3.63) is 54.3 Å². The van der Waals surface area contributed by atoms with E-state index in [4.69, 9.17) is 10.2 Å². The summed E-state index contributed by atoms with van der Waals surface area (Å²) in [4.78, 5) is 19.8. The van der Waals surface area contributed by atoms with Gasteiger partial charge in [0.05, 0.1) is 17.3 Å². The number of carbonyl (C=O) groups excluding carboxylic acids is 1. The Morgan fingerprint density at radius 1 is 1.32 bits per heavy atom. The lowest BCUT2D eigenvalue weighted by Gasteiger charge is -2.23. The number of rotatable bonds is 3. The van der Waals surface area contributed by atoms with Crippen molar-refractivity contribution in [2.45, 2.75) is 13.3 Å². The third kappa shape index (κ3) is 2.81. The largest absolute Gasteiger partial charge is 0.463 e. The van der Waals surface area contributed by atoms with Gasteiger partial charge in [0, 0.05) is 18.5 Å². The van der Waals surface area contributed by atoms with Crippen LogP contribution in [0, 0.1) is 5.41 Å². The molecule has 1 amide bonds. The maximum Gasteiger partial charge on any atom is 0.254 e. The summed E-state index contributed by atoms with van der Waals surface area (Å²) in [6.45, 7) is 4.15. The maximum atomic E-state index is 13.2. The van der Waals surface area contributed by atoms with E-state index in [1.807, 2.05) is 47.4 Å². The highest BCUT2D eigenvalue weighted by molar-refractivity contribution is 6.07. The molecule has 1 unspecified atom stereocenters. The Kier molecular flexibility index (Phi) is 3.81. The van der Waals surface area contributed by atoms with Gasteiger partial charge in [-0.3, -0.25) is 4.79 Å². The van der Waals surface area contributed by atoms with E-state index in [1.165, 1.54) is 0 Å². The summed E-state index contributed by atoms with van der Waals surface area (Å²) in [7, 11) is 0. The summed E-state index contributed by atoms with van der Waals surface area (Å²) in [6.07, 6.45) is 2.55. The summed E-state index contributed by atoms with van der Waals surface area (Å²) in [6, 6.07) is 13.2. The first kappa shape index (κ1) is 15.8. The highest BCUT2D eigenvalue weighted by atomic mass is 16.3. The van der Waals surface area contributed by atoms with E-state index >= 15 is 0 Å². The molecule has 2 N–H and O–H groups in total. The van der Waals surface area contributed by atoms with Crippen LogP contribution in [0.25, 0.3) is 22.4 Å². The predicted octanol–water partition coefficient (Wildman–Crippen LogP) is 3.31. The number of furan rings is 1. The predicted molar refractivity (Wildman–Crippen MR) is 97.1 cm³/mol. The summed E-state index contributed by atoms with van der Waals surface area (Å²) < 4.78 is 5.48. The number of aromatic nitrogens is 1. The summed E-state index contributed by atoms with van der Waals surface area (Å²) in [5.74, 6) is 0.691. The van der Waals surface area contributed by atoms with Crippen LogP contribution < -0.4 is 5.73 Å². The molecule has 1 aliphatic rings. The molecule has 25 heavy (non-hydrogen) atoms. The number of para-hydroxylation sites is 1. The van der Waals surface area contributed by atoms with E-state index in [9.17, 15) is 4.79 Å². The Bertz CT molecular complexity index is 920. The first-order chi connectivity index (χ1) is 12.1. The molecule has 3 heterocycles. The van der Waals surface area contributed by atoms with Crippen molar-refractivity contribution in [3.63, 3.8) is 0 Å². The number of pyridine rings is 1.